The van der Waals surface area contributed by atoms with Gasteiger partial charge in [0.05, 0.1) is 87.5 Å². The summed E-state index contributed by atoms with van der Waals surface area (Å²) in [6, 6.07) is 0. The Morgan fingerprint density at radius 2 is 0.604 bits per heavy atom. The summed E-state index contributed by atoms with van der Waals surface area (Å²) >= 11 is 0. The Labute approximate surface area is 785 Å². The van der Waals surface area contributed by atoms with Crippen molar-refractivity contribution in [3.63, 3.8) is 0 Å². The van der Waals surface area contributed by atoms with Gasteiger partial charge in [-0.2, -0.15) is 0 Å². The lowest BCUT2D eigenvalue weighted by Crippen LogP contribution is -2.65. The summed E-state index contributed by atoms with van der Waals surface area (Å²) in [6.07, 6.45) is -33.2. The molecule has 8 aliphatic carbocycles. The summed E-state index contributed by atoms with van der Waals surface area (Å²) in [5, 5.41) is 277. The zero-order valence-corrected chi connectivity index (χ0v) is 80.6. The van der Waals surface area contributed by atoms with E-state index in [0.717, 1.165) is 50.5 Å². The van der Waals surface area contributed by atoms with Crippen LogP contribution >= 0.6 is 0 Å². The Bertz CT molecular complexity index is 3900. The van der Waals surface area contributed by atoms with E-state index in [1.54, 1.807) is 27.7 Å². The number of ether oxygens (including phenoxy) is 12. The van der Waals surface area contributed by atoms with E-state index in [1.165, 1.54) is 5.57 Å². The molecule has 14 rings (SSSR count). The molecular weight excluding hydrogens is 1760 g/mol. The molecule has 0 bridgehead atoms. The second kappa shape index (κ2) is 41.1. The average Bonchev–Trinajstić information content (AvgIpc) is 1.40. The van der Waals surface area contributed by atoms with Crippen LogP contribution in [0.1, 0.15) is 214 Å². The second-order valence-corrected chi connectivity index (χ2v) is 46.1. The van der Waals surface area contributed by atoms with Crippen LogP contribution in [0.25, 0.3) is 0 Å². The third-order valence-corrected chi connectivity index (χ3v) is 37.3. The van der Waals surface area contributed by atoms with E-state index in [9.17, 15) is 133 Å². The van der Waals surface area contributed by atoms with Crippen LogP contribution in [0.5, 0.6) is 0 Å². The van der Waals surface area contributed by atoms with Gasteiger partial charge in [-0.1, -0.05) is 106 Å². The van der Waals surface area contributed by atoms with E-state index < -0.39 is 293 Å². The summed E-state index contributed by atoms with van der Waals surface area (Å²) in [4.78, 5) is 0. The summed E-state index contributed by atoms with van der Waals surface area (Å²) in [6.45, 7) is 29.6. The van der Waals surface area contributed by atoms with E-state index in [4.69, 9.17) is 56.8 Å². The van der Waals surface area contributed by atoms with Crippen molar-refractivity contribution in [2.75, 3.05) is 39.6 Å². The molecule has 38 nitrogen and oxygen atoms in total. The van der Waals surface area contributed by atoms with E-state index in [2.05, 4.69) is 95.2 Å². The van der Waals surface area contributed by atoms with Gasteiger partial charge in [0, 0.05) is 21.7 Å². The first kappa shape index (κ1) is 109. The quantitative estimate of drug-likeness (QED) is 0.0373. The number of hydrogen-bond donors (Lipinski definition) is 26. The van der Waals surface area contributed by atoms with Crippen molar-refractivity contribution in [2.45, 2.75) is 446 Å². The molecule has 14 aliphatic rings. The fourth-order valence-electron chi connectivity index (χ4n) is 28.3. The van der Waals surface area contributed by atoms with Crippen molar-refractivity contribution in [3.05, 3.63) is 23.3 Å². The largest absolute Gasteiger partial charge is 0.394 e. The second-order valence-electron chi connectivity index (χ2n) is 46.1. The zero-order chi connectivity index (χ0) is 99.0. The number of rotatable bonds is 28. The molecule has 50 atom stereocenters. The van der Waals surface area contributed by atoms with Gasteiger partial charge in [-0.05, 0) is 199 Å². The fraction of sp³-hybridized carbons (Fsp3) is 0.958. The molecule has 38 heteroatoms. The molecular formula is C96H164O38. The molecule has 6 saturated carbocycles. The minimum absolute atomic E-state index is 0.0188. The maximum Gasteiger partial charge on any atom is 0.187 e. The molecule has 12 fully saturated rings. The molecule has 6 aliphatic heterocycles. The first-order valence-electron chi connectivity index (χ1n) is 49.1. The highest BCUT2D eigenvalue weighted by Gasteiger charge is 2.73. The Hall–Kier alpha value is -2.04. The Morgan fingerprint density at radius 3 is 0.910 bits per heavy atom. The van der Waals surface area contributed by atoms with Gasteiger partial charge >= 0.3 is 0 Å². The number of fused-ring (bicyclic) bond motifs is 10. The lowest BCUT2D eigenvalue weighted by atomic mass is 9.38. The molecule has 0 amide bonds. The SMILES string of the molecule is C[C@H](CC[C@@H](O[C@@H]1O[C@H](CO)[C@@H](O)[C@H](O)[C@H]1O)C(C)(C)O)C1CC[C@@]2(C)C3CC=C4C(CC[C@H](O[C@@H]5O[C@H](CO[C@@H]6O[C@H](CO)[C@@H](O)[C@H](O)[C@H]6O)[C@@H](O)[C@H](O)[C@H]5O)C4(C)C)[C@]3(C)[C@H](O)C[C@]12C.C[C@H](CC[C@@H](O[C@@H]1O[C@H](CO[C@@H]2O[C@H](CO)[C@@H](O)[C@H](O)[C@H]2O)[C@@H](O)[C@H](O)[C@H]1O)C(C)(C)O)C1CC[C@@]2(C)C3CC=C4C(CC[C@H](O[C@@H]5O[C@H](CO)[C@@H](O)[C@H](O)[C@H]5O)C4(C)C)[C@]3(C)[C@H](O)C[C@]12C. The Balaban J connectivity index is 0.000000227. The standard InChI is InChI=1S/2C48H82O19/c1-21(9-13-31(45(4,5)61)67-42-39(59)36(56)33(53)26(19-50)64-42)22-15-16-46(6)28-12-10-23-24(48(28,8)29(51)17-47(22,46)7)11-14-30(44(23,2)3)66-43-40(60)37(57)34(54)27(65-43)20-62-41-38(58)35(55)32(52)25(18-49)63-41;1-21(9-13-31(45(4,5)61)67-43-40(60)37(57)34(54)27(65-43)20-62-41-38(58)35(55)32(52)25(18-49)63-41)22-15-16-46(6)28-12-10-23-24(48(28,8)29(51)17-47(22,46)7)11-14-30(44(23,2)3)66-42-39(59)36(56)33(53)26(19-50)64-42/h2*10,21-22,24-43,49-61H,9,11-20H2,1-8H3/t2*21-,22?,24?,25-,26-,27-,28?,29-,30+,31-,32-,33-,34-,35+,36+,37+,38-,39-,40-,41-,42+,43+,46+,47-,48+/m11/s1. The van der Waals surface area contributed by atoms with Gasteiger partial charge < -0.3 is 190 Å². The fourth-order valence-corrected chi connectivity index (χ4v) is 28.3. The third-order valence-electron chi connectivity index (χ3n) is 37.3. The van der Waals surface area contributed by atoms with Crippen LogP contribution in [0.15, 0.2) is 23.3 Å². The molecule has 6 unspecified atom stereocenters. The van der Waals surface area contributed by atoms with Crippen LogP contribution < -0.4 is 0 Å². The third kappa shape index (κ3) is 19.4. The molecule has 0 aromatic rings. The van der Waals surface area contributed by atoms with E-state index in [1.807, 2.05) is 0 Å². The van der Waals surface area contributed by atoms with Gasteiger partial charge in [-0.3, -0.25) is 0 Å². The summed E-state index contributed by atoms with van der Waals surface area (Å²) in [5.41, 5.74) is -3.25. The molecule has 0 aromatic heterocycles. The van der Waals surface area contributed by atoms with Crippen molar-refractivity contribution in [3.8, 4) is 0 Å². The van der Waals surface area contributed by atoms with Crippen molar-refractivity contribution in [1.82, 2.24) is 0 Å². The minimum atomic E-state index is -1.75. The molecule has 134 heavy (non-hydrogen) atoms. The maximum atomic E-state index is 12.6. The first-order chi connectivity index (χ1) is 62.4. The van der Waals surface area contributed by atoms with Crippen LogP contribution in [0.2, 0.25) is 0 Å². The van der Waals surface area contributed by atoms with Gasteiger partial charge in [0.15, 0.2) is 37.7 Å². The van der Waals surface area contributed by atoms with Crippen molar-refractivity contribution in [2.24, 2.45) is 90.7 Å². The van der Waals surface area contributed by atoms with Crippen LogP contribution in [0.4, 0.5) is 0 Å². The average molecular weight is 1930 g/mol. The molecule has 0 spiro atoms. The topological polar surface area (TPSA) is 637 Å². The van der Waals surface area contributed by atoms with Crippen LogP contribution in [0, 0.1) is 90.7 Å². The number of aliphatic hydroxyl groups is 26. The molecule has 0 radical (unpaired) electrons. The highest BCUT2D eigenvalue weighted by atomic mass is 16.8. The smallest absolute Gasteiger partial charge is 0.187 e. The normalized spacial score (nSPS) is 51.0. The van der Waals surface area contributed by atoms with Crippen molar-refractivity contribution >= 4 is 0 Å². The number of aliphatic hydroxyl groups excluding tert-OH is 24. The predicted molar refractivity (Wildman–Crippen MR) is 470 cm³/mol. The van der Waals surface area contributed by atoms with Gasteiger partial charge in [0.25, 0.3) is 0 Å². The maximum absolute atomic E-state index is 12.6. The van der Waals surface area contributed by atoms with Gasteiger partial charge in [-0.25, -0.2) is 0 Å². The van der Waals surface area contributed by atoms with Crippen molar-refractivity contribution in [1.29, 1.82) is 0 Å². The van der Waals surface area contributed by atoms with E-state index in [0.29, 0.717) is 57.8 Å². The highest BCUT2D eigenvalue weighted by molar-refractivity contribution is 5.34. The van der Waals surface area contributed by atoms with Crippen LogP contribution in [-0.4, -0.2) is 404 Å². The summed E-state index contributed by atoms with van der Waals surface area (Å²) < 4.78 is 70.7. The zero-order valence-electron chi connectivity index (χ0n) is 80.6. The Kier molecular flexibility index (Phi) is 33.5. The predicted octanol–water partition coefficient (Wildman–Crippen LogP) is -2.11. The Morgan fingerprint density at radius 1 is 0.336 bits per heavy atom. The molecule has 6 heterocycles. The molecule has 26 N–H and O–H groups in total. The van der Waals surface area contributed by atoms with Gasteiger partial charge in [-0.15, -0.1) is 0 Å². The first-order valence-corrected chi connectivity index (χ1v) is 49.1. The molecule has 6 saturated heterocycles. The molecule has 0 aromatic carbocycles. The number of allylic oxidation sites excluding steroid dienone is 2. The highest BCUT2D eigenvalue weighted by Crippen LogP contribution is 2.77. The lowest BCUT2D eigenvalue weighted by molar-refractivity contribution is -0.341. The number of hydrogen-bond acceptors (Lipinski definition) is 38. The monoisotopic (exact) mass is 1930 g/mol. The summed E-state index contributed by atoms with van der Waals surface area (Å²) in [7, 11) is 0. The lowest BCUT2D eigenvalue weighted by Gasteiger charge is -2.67. The van der Waals surface area contributed by atoms with Crippen LogP contribution in [-0.2, 0) is 56.8 Å². The van der Waals surface area contributed by atoms with E-state index >= 15 is 0 Å². The van der Waals surface area contributed by atoms with Crippen LogP contribution in [0.3, 0.4) is 0 Å². The van der Waals surface area contributed by atoms with Gasteiger partial charge in [0.1, 0.15) is 146 Å². The van der Waals surface area contributed by atoms with Gasteiger partial charge in [0.2, 0.25) is 0 Å². The summed E-state index contributed by atoms with van der Waals surface area (Å²) in [5.74, 6) is 1.11. The molecule has 776 valence electrons. The van der Waals surface area contributed by atoms with E-state index in [-0.39, 0.29) is 69.0 Å². The minimum Gasteiger partial charge on any atom is -0.394 e. The van der Waals surface area contributed by atoms with Crippen molar-refractivity contribution < 1.29 is 190 Å².